The third-order valence-electron chi connectivity index (χ3n) is 6.56. The molecule has 1 unspecified atom stereocenters. The Morgan fingerprint density at radius 2 is 1.74 bits per heavy atom. The van der Waals surface area contributed by atoms with Crippen molar-refractivity contribution in [2.75, 3.05) is 37.6 Å². The zero-order valence-electron chi connectivity index (χ0n) is 24.3. The van der Waals surface area contributed by atoms with Gasteiger partial charge in [0.1, 0.15) is 23.3 Å². The van der Waals surface area contributed by atoms with E-state index in [1.807, 2.05) is 13.8 Å². The van der Waals surface area contributed by atoms with Gasteiger partial charge in [-0.3, -0.25) is 9.59 Å². The van der Waals surface area contributed by atoms with Crippen LogP contribution in [0.15, 0.2) is 54.6 Å². The molecule has 0 radical (unpaired) electrons. The van der Waals surface area contributed by atoms with Crippen LogP contribution in [-0.4, -0.2) is 44.4 Å². The molecular formula is C31H34ClF3N2O6. The molecule has 0 spiro atoms. The van der Waals surface area contributed by atoms with Crippen LogP contribution in [0.2, 0.25) is 5.02 Å². The van der Waals surface area contributed by atoms with E-state index in [0.717, 1.165) is 12.1 Å². The normalized spacial score (nSPS) is 12.9. The number of carboxylic acids is 1. The predicted molar refractivity (Wildman–Crippen MR) is 159 cm³/mol. The quantitative estimate of drug-likeness (QED) is 0.215. The number of carbonyl (C=O) groups is 2. The average molecular weight is 623 g/mol. The lowest BCUT2D eigenvalue weighted by atomic mass is 10.0. The monoisotopic (exact) mass is 622 g/mol. The standard InChI is InChI=1S/C29H28ClF3N2O6.C2H6/c1-39-21-14-20(15-22(16-21)41-11-3-4-26(36)37)34-27(23-8-7-19(30)13-25(23)40-2)28(38)35-10-9-17-5-6-18(12-24(17)35)29(31,32)33;1-2/h5-8,12-16,27,34H,3-4,9-11H2,1-2H3,(H,36,37);1-2H3. The zero-order chi connectivity index (χ0) is 31.7. The molecule has 232 valence electrons. The second-order valence-electron chi connectivity index (χ2n) is 9.29. The number of methoxy groups -OCH3 is 2. The van der Waals surface area contributed by atoms with Crippen molar-refractivity contribution in [1.82, 2.24) is 0 Å². The Morgan fingerprint density at radius 1 is 1.02 bits per heavy atom. The van der Waals surface area contributed by atoms with Crippen molar-refractivity contribution in [3.05, 3.63) is 76.3 Å². The number of ether oxygens (including phenoxy) is 3. The van der Waals surface area contributed by atoms with Crippen molar-refractivity contribution in [3.8, 4) is 17.2 Å². The molecule has 0 bridgehead atoms. The first-order valence-corrected chi connectivity index (χ1v) is 14.0. The summed E-state index contributed by atoms with van der Waals surface area (Å²) in [6, 6.07) is 11.9. The maximum Gasteiger partial charge on any atom is 0.416 e. The third-order valence-corrected chi connectivity index (χ3v) is 6.79. The predicted octanol–water partition coefficient (Wildman–Crippen LogP) is 7.39. The van der Waals surface area contributed by atoms with Crippen LogP contribution in [0.5, 0.6) is 17.2 Å². The van der Waals surface area contributed by atoms with Crippen LogP contribution < -0.4 is 24.4 Å². The highest BCUT2D eigenvalue weighted by Gasteiger charge is 2.36. The summed E-state index contributed by atoms with van der Waals surface area (Å²) in [5.41, 5.74) is 0.803. The molecule has 43 heavy (non-hydrogen) atoms. The molecule has 3 aromatic carbocycles. The van der Waals surface area contributed by atoms with E-state index in [-0.39, 0.29) is 31.7 Å². The largest absolute Gasteiger partial charge is 0.497 e. The fraction of sp³-hybridized carbons (Fsp3) is 0.355. The van der Waals surface area contributed by atoms with Gasteiger partial charge in [0.25, 0.3) is 5.91 Å². The van der Waals surface area contributed by atoms with Crippen LogP contribution in [0.25, 0.3) is 0 Å². The van der Waals surface area contributed by atoms with E-state index in [1.165, 1.54) is 25.2 Å². The van der Waals surface area contributed by atoms with Crippen molar-refractivity contribution in [1.29, 1.82) is 0 Å². The van der Waals surface area contributed by atoms with Gasteiger partial charge in [-0.05, 0) is 42.7 Å². The highest BCUT2D eigenvalue weighted by atomic mass is 35.5. The summed E-state index contributed by atoms with van der Waals surface area (Å²) in [5, 5.41) is 12.4. The van der Waals surface area contributed by atoms with E-state index < -0.39 is 29.7 Å². The van der Waals surface area contributed by atoms with Crippen LogP contribution in [0.3, 0.4) is 0 Å². The molecular weight excluding hydrogens is 589 g/mol. The first kappa shape index (κ1) is 33.4. The van der Waals surface area contributed by atoms with Crippen molar-refractivity contribution in [2.24, 2.45) is 0 Å². The second-order valence-corrected chi connectivity index (χ2v) is 9.72. The lowest BCUT2D eigenvalue weighted by Crippen LogP contribution is -2.37. The smallest absolute Gasteiger partial charge is 0.416 e. The number of amides is 1. The Balaban J connectivity index is 0.00000248. The maximum atomic E-state index is 14.1. The molecule has 2 N–H and O–H groups in total. The van der Waals surface area contributed by atoms with E-state index in [9.17, 15) is 22.8 Å². The van der Waals surface area contributed by atoms with Gasteiger partial charge in [0, 0.05) is 53.1 Å². The Labute approximate surface area is 253 Å². The SMILES string of the molecule is CC.COc1cc(NC(C(=O)N2CCc3ccc(C(F)(F)F)cc32)c2ccc(Cl)cc2OC)cc(OCCCC(=O)O)c1. The summed E-state index contributed by atoms with van der Waals surface area (Å²) in [5.74, 6) is -0.368. The number of alkyl halides is 3. The minimum Gasteiger partial charge on any atom is -0.497 e. The highest BCUT2D eigenvalue weighted by molar-refractivity contribution is 6.30. The molecule has 0 saturated carbocycles. The molecule has 1 aliphatic rings. The lowest BCUT2D eigenvalue weighted by Gasteiger charge is -2.27. The molecule has 3 aromatic rings. The first-order valence-electron chi connectivity index (χ1n) is 13.7. The Kier molecular flexibility index (Phi) is 11.5. The Morgan fingerprint density at radius 3 is 2.40 bits per heavy atom. The highest BCUT2D eigenvalue weighted by Crippen LogP contribution is 2.39. The molecule has 8 nitrogen and oxygen atoms in total. The average Bonchev–Trinajstić information content (AvgIpc) is 3.42. The van der Waals surface area contributed by atoms with Gasteiger partial charge in [-0.15, -0.1) is 0 Å². The van der Waals surface area contributed by atoms with Gasteiger partial charge in [-0.2, -0.15) is 13.2 Å². The van der Waals surface area contributed by atoms with E-state index in [1.54, 1.807) is 36.4 Å². The van der Waals surface area contributed by atoms with Gasteiger partial charge in [0.05, 0.1) is 26.4 Å². The number of benzene rings is 3. The topological polar surface area (TPSA) is 97.3 Å². The fourth-order valence-corrected chi connectivity index (χ4v) is 4.73. The fourth-order valence-electron chi connectivity index (χ4n) is 4.57. The summed E-state index contributed by atoms with van der Waals surface area (Å²) in [6.45, 7) is 4.33. The summed E-state index contributed by atoms with van der Waals surface area (Å²) in [4.78, 5) is 26.3. The van der Waals surface area contributed by atoms with Crippen LogP contribution >= 0.6 is 11.6 Å². The van der Waals surface area contributed by atoms with Crippen molar-refractivity contribution in [2.45, 2.75) is 45.3 Å². The second kappa shape index (κ2) is 14.9. The molecule has 0 fully saturated rings. The number of carbonyl (C=O) groups excluding carboxylic acids is 1. The Hall–Kier alpha value is -4.12. The minimum atomic E-state index is -4.56. The van der Waals surface area contributed by atoms with Crippen LogP contribution in [-0.2, 0) is 22.2 Å². The van der Waals surface area contributed by atoms with Crippen molar-refractivity contribution in [3.63, 3.8) is 0 Å². The van der Waals surface area contributed by atoms with Gasteiger partial charge in [-0.1, -0.05) is 37.6 Å². The van der Waals surface area contributed by atoms with Gasteiger partial charge in [0.15, 0.2) is 0 Å². The summed E-state index contributed by atoms with van der Waals surface area (Å²) < 4.78 is 57.1. The van der Waals surface area contributed by atoms with Gasteiger partial charge in [-0.25, -0.2) is 0 Å². The van der Waals surface area contributed by atoms with E-state index in [4.69, 9.17) is 30.9 Å². The van der Waals surface area contributed by atoms with E-state index in [0.29, 0.717) is 45.5 Å². The summed E-state index contributed by atoms with van der Waals surface area (Å²) in [6.07, 6.45) is -3.94. The molecule has 12 heteroatoms. The number of halogens is 4. The number of rotatable bonds is 11. The van der Waals surface area contributed by atoms with Gasteiger partial charge >= 0.3 is 12.1 Å². The third kappa shape index (κ3) is 8.47. The number of hydrogen-bond acceptors (Lipinski definition) is 6. The number of anilines is 2. The molecule has 1 heterocycles. The van der Waals surface area contributed by atoms with Crippen molar-refractivity contribution >= 4 is 34.9 Å². The molecule has 1 aliphatic heterocycles. The Bertz CT molecular complexity index is 1430. The number of hydrogen-bond donors (Lipinski definition) is 2. The van der Waals surface area contributed by atoms with Crippen molar-refractivity contribution < 1.29 is 42.1 Å². The minimum absolute atomic E-state index is 0.0601. The van der Waals surface area contributed by atoms with Gasteiger partial charge < -0.3 is 29.5 Å². The molecule has 1 atom stereocenters. The van der Waals surface area contributed by atoms with Crippen LogP contribution in [0, 0.1) is 0 Å². The first-order chi connectivity index (χ1) is 20.5. The number of nitrogens with zero attached hydrogens (tertiary/aromatic N) is 1. The molecule has 1 amide bonds. The van der Waals surface area contributed by atoms with Gasteiger partial charge in [0.2, 0.25) is 0 Å². The molecule has 0 aliphatic carbocycles. The maximum absolute atomic E-state index is 14.1. The summed E-state index contributed by atoms with van der Waals surface area (Å²) in [7, 11) is 2.88. The number of nitrogens with one attached hydrogen (secondary N) is 1. The number of carboxylic acid groups (broad SMARTS) is 1. The van der Waals surface area contributed by atoms with E-state index >= 15 is 0 Å². The van der Waals surface area contributed by atoms with E-state index in [2.05, 4.69) is 5.32 Å². The lowest BCUT2D eigenvalue weighted by molar-refractivity contribution is -0.138. The molecule has 0 saturated heterocycles. The molecule has 0 aromatic heterocycles. The van der Waals surface area contributed by atoms with Crippen LogP contribution in [0.4, 0.5) is 24.5 Å². The van der Waals surface area contributed by atoms with Crippen LogP contribution in [0.1, 0.15) is 49.4 Å². The zero-order valence-corrected chi connectivity index (χ0v) is 25.0. The number of aliphatic carboxylic acids is 1. The summed E-state index contributed by atoms with van der Waals surface area (Å²) >= 11 is 6.16. The number of fused-ring (bicyclic) bond motifs is 1. The molecule has 4 rings (SSSR count).